The predicted molar refractivity (Wildman–Crippen MR) is 130 cm³/mol. The van der Waals surface area contributed by atoms with E-state index >= 15 is 0 Å². The van der Waals surface area contributed by atoms with E-state index in [9.17, 15) is 9.18 Å². The van der Waals surface area contributed by atoms with Crippen LogP contribution in [0.4, 0.5) is 27.5 Å². The van der Waals surface area contributed by atoms with Crippen molar-refractivity contribution in [3.05, 3.63) is 35.8 Å². The Morgan fingerprint density at radius 1 is 1.18 bits per heavy atom. The highest BCUT2D eigenvalue weighted by molar-refractivity contribution is 5.75. The molecule has 8 nitrogen and oxygen atoms in total. The summed E-state index contributed by atoms with van der Waals surface area (Å²) in [6.07, 6.45) is 4.19. The van der Waals surface area contributed by atoms with Crippen LogP contribution in [0.3, 0.4) is 0 Å². The summed E-state index contributed by atoms with van der Waals surface area (Å²) in [6.45, 7) is 6.22. The summed E-state index contributed by atoms with van der Waals surface area (Å²) in [5.41, 5.74) is 3.24. The summed E-state index contributed by atoms with van der Waals surface area (Å²) < 4.78 is 19.7. The number of halogens is 1. The lowest BCUT2D eigenvalue weighted by Crippen LogP contribution is -2.44. The number of aryl methyl sites for hydroxylation is 1. The lowest BCUT2D eigenvalue weighted by atomic mass is 9.84. The number of carbonyl (C=O) groups excluding carboxylic acids is 1. The molecule has 1 aliphatic heterocycles. The number of esters is 1. The molecule has 1 aromatic heterocycles. The molecule has 2 heterocycles. The molecule has 182 valence electrons. The van der Waals surface area contributed by atoms with E-state index < -0.39 is 5.82 Å². The topological polar surface area (TPSA) is 82.6 Å². The van der Waals surface area contributed by atoms with Gasteiger partial charge in [-0.25, -0.2) is 9.37 Å². The first-order chi connectivity index (χ1) is 16.4. The molecule has 1 aromatic carbocycles. The van der Waals surface area contributed by atoms with E-state index in [4.69, 9.17) is 4.74 Å². The maximum Gasteiger partial charge on any atom is 0.311 e. The van der Waals surface area contributed by atoms with E-state index in [0.717, 1.165) is 56.7 Å². The maximum absolute atomic E-state index is 14.6. The fraction of sp³-hybridized carbons (Fsp3) is 0.560. The molecular weight excluding hydrogens is 435 g/mol. The van der Waals surface area contributed by atoms with Crippen molar-refractivity contribution in [3.8, 4) is 0 Å². The fourth-order valence-corrected chi connectivity index (χ4v) is 5.93. The van der Waals surface area contributed by atoms with Crippen LogP contribution in [0.15, 0.2) is 24.4 Å². The second-order valence-electron chi connectivity index (χ2n) is 9.86. The summed E-state index contributed by atoms with van der Waals surface area (Å²) >= 11 is 0. The van der Waals surface area contributed by atoms with Crippen LogP contribution in [-0.2, 0) is 9.53 Å². The Morgan fingerprint density at radius 2 is 1.94 bits per heavy atom. The molecule has 2 aromatic rings. The van der Waals surface area contributed by atoms with Crippen molar-refractivity contribution in [2.75, 3.05) is 55.9 Å². The number of rotatable bonds is 6. The zero-order valence-electron chi connectivity index (χ0n) is 20.1. The number of aromatic nitrogens is 2. The largest absolute Gasteiger partial charge is 0.469 e. The van der Waals surface area contributed by atoms with Gasteiger partial charge in [-0.05, 0) is 68.8 Å². The van der Waals surface area contributed by atoms with Crippen LogP contribution < -0.4 is 15.5 Å². The average Bonchev–Trinajstić information content (AvgIpc) is 3.44. The van der Waals surface area contributed by atoms with E-state index in [-0.39, 0.29) is 23.7 Å². The van der Waals surface area contributed by atoms with Crippen molar-refractivity contribution >= 4 is 29.1 Å². The van der Waals surface area contributed by atoms with Crippen LogP contribution in [0.2, 0.25) is 0 Å². The Morgan fingerprint density at radius 3 is 2.68 bits per heavy atom. The van der Waals surface area contributed by atoms with Gasteiger partial charge in [-0.3, -0.25) is 4.79 Å². The second-order valence-corrected chi connectivity index (χ2v) is 9.86. The minimum Gasteiger partial charge on any atom is -0.469 e. The van der Waals surface area contributed by atoms with E-state index in [1.807, 2.05) is 6.07 Å². The SMILES string of the molecule is COC(=O)C1C2CCC(C2)C1Nc1nc(Nc2ccc(N3CCN(C)CC3)c(C)c2)ncc1F. The van der Waals surface area contributed by atoms with Crippen LogP contribution in [-0.4, -0.2) is 67.2 Å². The Kier molecular flexibility index (Phi) is 6.29. The smallest absolute Gasteiger partial charge is 0.311 e. The number of ether oxygens (including phenoxy) is 1. The normalized spacial score (nSPS) is 26.5. The molecule has 0 radical (unpaired) electrons. The van der Waals surface area contributed by atoms with Crippen LogP contribution in [0, 0.1) is 30.5 Å². The van der Waals surface area contributed by atoms with Crippen LogP contribution in [0.1, 0.15) is 24.8 Å². The molecule has 2 bridgehead atoms. The van der Waals surface area contributed by atoms with Gasteiger partial charge in [0, 0.05) is 43.6 Å². The predicted octanol–water partition coefficient (Wildman–Crippen LogP) is 3.42. The third kappa shape index (κ3) is 4.41. The molecule has 9 heteroatoms. The highest BCUT2D eigenvalue weighted by atomic mass is 19.1. The first kappa shape index (κ1) is 22.8. The molecule has 34 heavy (non-hydrogen) atoms. The third-order valence-corrected chi connectivity index (χ3v) is 7.73. The number of nitrogens with zero attached hydrogens (tertiary/aromatic N) is 4. The van der Waals surface area contributed by atoms with Crippen molar-refractivity contribution < 1.29 is 13.9 Å². The van der Waals surface area contributed by atoms with Gasteiger partial charge in [0.25, 0.3) is 0 Å². The standard InChI is InChI=1S/C25H33FN6O2/c1-15-12-18(6-7-20(15)32-10-8-31(2)9-11-32)28-25-27-14-19(26)23(30-25)29-22-17-5-4-16(13-17)21(22)24(33)34-3/h6-7,12,14,16-17,21-22H,4-5,8-11,13H2,1-3H3,(H2,27,28,29,30). The second kappa shape index (κ2) is 9.37. The van der Waals surface area contributed by atoms with Crippen molar-refractivity contribution in [3.63, 3.8) is 0 Å². The molecule has 4 unspecified atom stereocenters. The quantitative estimate of drug-likeness (QED) is 0.624. The molecule has 4 atom stereocenters. The highest BCUT2D eigenvalue weighted by Crippen LogP contribution is 2.50. The van der Waals surface area contributed by atoms with Crippen molar-refractivity contribution in [1.29, 1.82) is 0 Å². The van der Waals surface area contributed by atoms with E-state index in [2.05, 4.69) is 56.5 Å². The zero-order chi connectivity index (χ0) is 23.8. The fourth-order valence-electron chi connectivity index (χ4n) is 5.93. The minimum atomic E-state index is -0.529. The number of likely N-dealkylation sites (N-methyl/N-ethyl adjacent to an activating group) is 1. The summed E-state index contributed by atoms with van der Waals surface area (Å²) in [5.74, 6) is 0.0262. The lowest BCUT2D eigenvalue weighted by molar-refractivity contribution is -0.147. The van der Waals surface area contributed by atoms with Crippen molar-refractivity contribution in [2.24, 2.45) is 17.8 Å². The summed E-state index contributed by atoms with van der Waals surface area (Å²) in [6, 6.07) is 6.01. The molecule has 2 N–H and O–H groups in total. The number of piperazine rings is 1. The maximum atomic E-state index is 14.6. The number of anilines is 4. The van der Waals surface area contributed by atoms with Gasteiger partial charge in [-0.1, -0.05) is 0 Å². The molecule has 2 aliphatic carbocycles. The number of fused-ring (bicyclic) bond motifs is 2. The first-order valence-corrected chi connectivity index (χ1v) is 12.1. The molecule has 0 spiro atoms. The van der Waals surface area contributed by atoms with Gasteiger partial charge in [0.2, 0.25) is 5.95 Å². The molecule has 0 amide bonds. The average molecular weight is 469 g/mol. The number of benzene rings is 1. The minimum absolute atomic E-state index is 0.120. The number of hydrogen-bond donors (Lipinski definition) is 2. The Balaban J connectivity index is 1.30. The molecule has 3 fully saturated rings. The van der Waals surface area contributed by atoms with Gasteiger partial charge in [0.1, 0.15) is 0 Å². The van der Waals surface area contributed by atoms with Gasteiger partial charge in [-0.15, -0.1) is 0 Å². The highest BCUT2D eigenvalue weighted by Gasteiger charge is 2.51. The first-order valence-electron chi connectivity index (χ1n) is 12.1. The van der Waals surface area contributed by atoms with E-state index in [0.29, 0.717) is 17.8 Å². The molecule has 3 aliphatic rings. The summed E-state index contributed by atoms with van der Waals surface area (Å²) in [7, 11) is 3.56. The Bertz CT molecular complexity index is 1060. The molecule has 5 rings (SSSR count). The van der Waals surface area contributed by atoms with Crippen molar-refractivity contribution in [1.82, 2.24) is 14.9 Å². The van der Waals surface area contributed by atoms with Gasteiger partial charge < -0.3 is 25.2 Å². The lowest BCUT2D eigenvalue weighted by Gasteiger charge is -2.35. The zero-order valence-corrected chi connectivity index (χ0v) is 20.1. The number of nitrogens with one attached hydrogen (secondary N) is 2. The van der Waals surface area contributed by atoms with E-state index in [1.54, 1.807) is 0 Å². The van der Waals surface area contributed by atoms with Gasteiger partial charge in [0.05, 0.1) is 19.2 Å². The number of hydrogen-bond acceptors (Lipinski definition) is 8. The van der Waals surface area contributed by atoms with Gasteiger partial charge in [-0.2, -0.15) is 4.98 Å². The molecule has 2 saturated carbocycles. The monoisotopic (exact) mass is 468 g/mol. The number of methoxy groups -OCH3 is 1. The van der Waals surface area contributed by atoms with E-state index in [1.165, 1.54) is 19.0 Å². The Hall–Kier alpha value is -2.94. The molecular formula is C25H33FN6O2. The summed E-state index contributed by atoms with van der Waals surface area (Å²) in [4.78, 5) is 25.7. The summed E-state index contributed by atoms with van der Waals surface area (Å²) in [5, 5.41) is 6.43. The van der Waals surface area contributed by atoms with Crippen LogP contribution >= 0.6 is 0 Å². The van der Waals surface area contributed by atoms with Crippen molar-refractivity contribution in [2.45, 2.75) is 32.2 Å². The third-order valence-electron chi connectivity index (χ3n) is 7.73. The van der Waals surface area contributed by atoms with Gasteiger partial charge >= 0.3 is 5.97 Å². The number of carbonyl (C=O) groups is 1. The molecule has 1 saturated heterocycles. The van der Waals surface area contributed by atoms with Crippen LogP contribution in [0.5, 0.6) is 0 Å². The van der Waals surface area contributed by atoms with Crippen LogP contribution in [0.25, 0.3) is 0 Å². The van der Waals surface area contributed by atoms with Gasteiger partial charge in [0.15, 0.2) is 11.6 Å². The Labute approximate surface area is 199 Å².